The normalized spacial score (nSPS) is 24.0. The fourth-order valence-electron chi connectivity index (χ4n) is 4.71. The lowest BCUT2D eigenvalue weighted by molar-refractivity contribution is 0.197. The lowest BCUT2D eigenvalue weighted by Gasteiger charge is -2.26. The van der Waals surface area contributed by atoms with Crippen LogP contribution in [0, 0.1) is 25.7 Å². The van der Waals surface area contributed by atoms with Gasteiger partial charge in [0, 0.05) is 25.3 Å². The van der Waals surface area contributed by atoms with E-state index in [0.717, 1.165) is 35.0 Å². The summed E-state index contributed by atoms with van der Waals surface area (Å²) in [6.45, 7) is 4.66. The number of fused-ring (bicyclic) bond motifs is 2. The van der Waals surface area contributed by atoms with Gasteiger partial charge in [-0.3, -0.25) is 0 Å². The zero-order valence-corrected chi connectivity index (χ0v) is 15.9. The first-order valence-corrected chi connectivity index (χ1v) is 9.64. The summed E-state index contributed by atoms with van der Waals surface area (Å²) in [5.41, 5.74) is 4.27. The van der Waals surface area contributed by atoms with Gasteiger partial charge >= 0.3 is 6.03 Å². The Labute approximate surface area is 155 Å². The van der Waals surface area contributed by atoms with Gasteiger partial charge in [0.05, 0.1) is 11.4 Å². The number of amides is 2. The van der Waals surface area contributed by atoms with E-state index in [0.29, 0.717) is 18.5 Å². The van der Waals surface area contributed by atoms with Gasteiger partial charge in [-0.2, -0.15) is 5.10 Å². The standard InChI is InChI=1S/C21H28N4O/c1-14-9-15(2)25(23-14)19-6-4-5-17(11-19)13-24(3)21(26)22-20-12-16-7-8-18(20)10-16/h4-6,9,11,16,18,20H,7-8,10,12-13H2,1-3H3,(H,22,26)/t16-,18+,20-/m1/s1. The largest absolute Gasteiger partial charge is 0.335 e. The number of aromatic nitrogens is 2. The lowest BCUT2D eigenvalue weighted by atomic mass is 9.95. The molecule has 1 aromatic carbocycles. The Morgan fingerprint density at radius 3 is 2.77 bits per heavy atom. The number of benzene rings is 1. The quantitative estimate of drug-likeness (QED) is 0.909. The topological polar surface area (TPSA) is 50.2 Å². The molecule has 0 saturated heterocycles. The first-order valence-electron chi connectivity index (χ1n) is 9.64. The van der Waals surface area contributed by atoms with E-state index in [-0.39, 0.29) is 6.03 Å². The van der Waals surface area contributed by atoms with Crippen LogP contribution < -0.4 is 5.32 Å². The SMILES string of the molecule is Cc1cc(C)n(-c2cccc(CN(C)C(=O)N[C@@H]3C[C@@H]4CC[C@H]3C4)c2)n1. The van der Waals surface area contributed by atoms with Crippen LogP contribution in [-0.2, 0) is 6.54 Å². The summed E-state index contributed by atoms with van der Waals surface area (Å²) >= 11 is 0. The minimum Gasteiger partial charge on any atom is -0.335 e. The molecule has 1 aromatic heterocycles. The van der Waals surface area contributed by atoms with Crippen LogP contribution in [0.1, 0.15) is 42.6 Å². The monoisotopic (exact) mass is 352 g/mol. The molecule has 26 heavy (non-hydrogen) atoms. The molecule has 2 bridgehead atoms. The predicted octanol–water partition coefficient (Wildman–Crippen LogP) is 3.82. The molecule has 2 saturated carbocycles. The zero-order valence-electron chi connectivity index (χ0n) is 15.9. The van der Waals surface area contributed by atoms with Gasteiger partial charge in [-0.25, -0.2) is 9.48 Å². The molecule has 1 heterocycles. The summed E-state index contributed by atoms with van der Waals surface area (Å²) in [4.78, 5) is 14.4. The maximum absolute atomic E-state index is 12.6. The van der Waals surface area contributed by atoms with E-state index in [1.807, 2.05) is 24.7 Å². The van der Waals surface area contributed by atoms with E-state index >= 15 is 0 Å². The highest BCUT2D eigenvalue weighted by Crippen LogP contribution is 2.44. The fraction of sp³-hybridized carbons (Fsp3) is 0.524. The van der Waals surface area contributed by atoms with Crippen LogP contribution in [0.4, 0.5) is 4.79 Å². The zero-order chi connectivity index (χ0) is 18.3. The molecule has 2 aliphatic carbocycles. The van der Waals surface area contributed by atoms with Crippen LogP contribution in [0.2, 0.25) is 0 Å². The van der Waals surface area contributed by atoms with Crippen molar-refractivity contribution in [2.75, 3.05) is 7.05 Å². The molecule has 5 heteroatoms. The molecule has 2 amide bonds. The smallest absolute Gasteiger partial charge is 0.317 e. The molecule has 5 nitrogen and oxygen atoms in total. The van der Waals surface area contributed by atoms with E-state index in [1.54, 1.807) is 4.90 Å². The van der Waals surface area contributed by atoms with Crippen LogP contribution in [-0.4, -0.2) is 33.8 Å². The molecule has 0 aliphatic heterocycles. The summed E-state index contributed by atoms with van der Waals surface area (Å²) in [5.74, 6) is 1.54. The minimum atomic E-state index is 0.0408. The molecule has 0 spiro atoms. The second kappa shape index (κ2) is 6.78. The van der Waals surface area contributed by atoms with Crippen molar-refractivity contribution in [1.29, 1.82) is 0 Å². The summed E-state index contributed by atoms with van der Waals surface area (Å²) in [7, 11) is 1.87. The molecule has 2 fully saturated rings. The van der Waals surface area contributed by atoms with Gasteiger partial charge in [-0.05, 0) is 68.7 Å². The Balaban J connectivity index is 1.41. The first kappa shape index (κ1) is 17.1. The lowest BCUT2D eigenvalue weighted by Crippen LogP contribution is -2.44. The van der Waals surface area contributed by atoms with Crippen molar-refractivity contribution in [3.63, 3.8) is 0 Å². The number of rotatable bonds is 4. The molecular weight excluding hydrogens is 324 g/mol. The molecule has 2 aromatic rings. The van der Waals surface area contributed by atoms with E-state index in [1.165, 1.54) is 19.3 Å². The van der Waals surface area contributed by atoms with Gasteiger partial charge in [0.15, 0.2) is 0 Å². The molecule has 2 aliphatic rings. The second-order valence-corrected chi connectivity index (χ2v) is 8.10. The summed E-state index contributed by atoms with van der Waals surface area (Å²) in [6, 6.07) is 10.8. The van der Waals surface area contributed by atoms with Crippen LogP contribution in [0.15, 0.2) is 30.3 Å². The number of urea groups is 1. The van der Waals surface area contributed by atoms with E-state index in [4.69, 9.17) is 0 Å². The summed E-state index contributed by atoms with van der Waals surface area (Å²) < 4.78 is 1.95. The Morgan fingerprint density at radius 1 is 1.27 bits per heavy atom. The van der Waals surface area contributed by atoms with Crippen LogP contribution in [0.25, 0.3) is 5.69 Å². The Morgan fingerprint density at radius 2 is 2.12 bits per heavy atom. The number of hydrogen-bond donors (Lipinski definition) is 1. The number of nitrogens with one attached hydrogen (secondary N) is 1. The van der Waals surface area contributed by atoms with Crippen molar-refractivity contribution in [2.24, 2.45) is 11.8 Å². The van der Waals surface area contributed by atoms with Crippen molar-refractivity contribution >= 4 is 6.03 Å². The highest BCUT2D eigenvalue weighted by Gasteiger charge is 2.40. The van der Waals surface area contributed by atoms with Crippen molar-refractivity contribution in [1.82, 2.24) is 20.0 Å². The fourth-order valence-corrected chi connectivity index (χ4v) is 4.71. The predicted molar refractivity (Wildman–Crippen MR) is 102 cm³/mol. The highest BCUT2D eigenvalue weighted by molar-refractivity contribution is 5.74. The van der Waals surface area contributed by atoms with Crippen molar-refractivity contribution in [3.05, 3.63) is 47.3 Å². The van der Waals surface area contributed by atoms with Gasteiger partial charge in [0.1, 0.15) is 0 Å². The summed E-state index contributed by atoms with van der Waals surface area (Å²) in [6.07, 6.45) is 5.10. The molecular formula is C21H28N4O. The number of carbonyl (C=O) groups excluding carboxylic acids is 1. The number of nitrogens with zero attached hydrogens (tertiary/aromatic N) is 3. The van der Waals surface area contributed by atoms with E-state index < -0.39 is 0 Å². The third-order valence-electron chi connectivity index (χ3n) is 5.98. The van der Waals surface area contributed by atoms with Crippen LogP contribution >= 0.6 is 0 Å². The van der Waals surface area contributed by atoms with Crippen molar-refractivity contribution in [3.8, 4) is 5.69 Å². The van der Waals surface area contributed by atoms with Crippen LogP contribution in [0.5, 0.6) is 0 Å². The van der Waals surface area contributed by atoms with Crippen molar-refractivity contribution < 1.29 is 4.79 Å². The molecule has 4 rings (SSSR count). The van der Waals surface area contributed by atoms with Gasteiger partial charge in [0.2, 0.25) is 0 Å². The van der Waals surface area contributed by atoms with Gasteiger partial charge in [-0.15, -0.1) is 0 Å². The molecule has 0 unspecified atom stereocenters. The molecule has 3 atom stereocenters. The van der Waals surface area contributed by atoms with Gasteiger partial charge in [-0.1, -0.05) is 18.6 Å². The van der Waals surface area contributed by atoms with Crippen LogP contribution in [0.3, 0.4) is 0 Å². The van der Waals surface area contributed by atoms with E-state index in [9.17, 15) is 4.79 Å². The molecule has 1 N–H and O–H groups in total. The third-order valence-corrected chi connectivity index (χ3v) is 5.98. The van der Waals surface area contributed by atoms with E-state index in [2.05, 4.69) is 41.6 Å². The first-order chi connectivity index (χ1) is 12.5. The number of carbonyl (C=O) groups is 1. The van der Waals surface area contributed by atoms with Gasteiger partial charge in [0.25, 0.3) is 0 Å². The maximum Gasteiger partial charge on any atom is 0.317 e. The Bertz CT molecular complexity index is 812. The molecule has 0 radical (unpaired) electrons. The Hall–Kier alpha value is -2.30. The average molecular weight is 352 g/mol. The maximum atomic E-state index is 12.6. The Kier molecular flexibility index (Phi) is 4.47. The average Bonchev–Trinajstić information content (AvgIpc) is 3.30. The number of hydrogen-bond acceptors (Lipinski definition) is 2. The van der Waals surface area contributed by atoms with Gasteiger partial charge < -0.3 is 10.2 Å². The summed E-state index contributed by atoms with van der Waals surface area (Å²) in [5, 5.41) is 7.81. The second-order valence-electron chi connectivity index (χ2n) is 8.10. The number of aryl methyl sites for hydroxylation is 2. The van der Waals surface area contributed by atoms with Crippen molar-refractivity contribution in [2.45, 2.75) is 52.1 Å². The highest BCUT2D eigenvalue weighted by atomic mass is 16.2. The molecule has 138 valence electrons. The minimum absolute atomic E-state index is 0.0408. The third kappa shape index (κ3) is 3.35.